The number of hydrogen-bond donors (Lipinski definition) is 5. The van der Waals surface area contributed by atoms with Gasteiger partial charge in [-0.1, -0.05) is 50.3 Å². The minimum Gasteiger partial charge on any atom is -0.463 e. The summed E-state index contributed by atoms with van der Waals surface area (Å²) in [6.07, 6.45) is 3.17. The van der Waals surface area contributed by atoms with E-state index >= 15 is 0 Å². The van der Waals surface area contributed by atoms with Crippen molar-refractivity contribution in [2.24, 2.45) is 11.7 Å². The maximum absolute atomic E-state index is 13.5. The highest BCUT2D eigenvalue weighted by Crippen LogP contribution is 2.10. The van der Waals surface area contributed by atoms with Crippen molar-refractivity contribution in [3.8, 4) is 0 Å². The summed E-state index contributed by atoms with van der Waals surface area (Å²) >= 11 is 0. The zero-order valence-corrected chi connectivity index (χ0v) is 23.9. The normalized spacial score (nSPS) is 13.3. The van der Waals surface area contributed by atoms with Gasteiger partial charge in [-0.2, -0.15) is 5.10 Å². The van der Waals surface area contributed by atoms with Crippen LogP contribution < -0.4 is 21.7 Å². The molecule has 0 saturated heterocycles. The SMILES string of the molecule is CCOC(=O)C=C[C@H](CCC(N)=O)NC(=O)[C@H](Cc1ccccc1)NC(=O)[C@H](CC(C)C)NC(=O)c1cc(C)[nH]n1. The lowest BCUT2D eigenvalue weighted by atomic mass is 10.0. The number of carbonyl (C=O) groups is 5. The number of aromatic nitrogens is 2. The quantitative estimate of drug-likeness (QED) is 0.150. The van der Waals surface area contributed by atoms with Crippen molar-refractivity contribution in [1.82, 2.24) is 26.1 Å². The maximum Gasteiger partial charge on any atom is 0.330 e. The molecule has 1 aromatic carbocycles. The molecule has 12 nitrogen and oxygen atoms in total. The van der Waals surface area contributed by atoms with E-state index in [2.05, 4.69) is 26.1 Å². The Kier molecular flexibility index (Phi) is 13.2. The first kappa shape index (κ1) is 32.7. The van der Waals surface area contributed by atoms with Crippen LogP contribution >= 0.6 is 0 Å². The lowest BCUT2D eigenvalue weighted by Gasteiger charge is -2.25. The average molecular weight is 569 g/mol. The summed E-state index contributed by atoms with van der Waals surface area (Å²) in [5, 5.41) is 14.9. The van der Waals surface area contributed by atoms with E-state index in [9.17, 15) is 24.0 Å². The van der Waals surface area contributed by atoms with Crippen LogP contribution in [-0.4, -0.2) is 64.5 Å². The topological polar surface area (TPSA) is 185 Å². The van der Waals surface area contributed by atoms with Gasteiger partial charge in [0.2, 0.25) is 17.7 Å². The molecule has 2 rings (SSSR count). The number of aryl methyl sites for hydroxylation is 1. The van der Waals surface area contributed by atoms with Gasteiger partial charge in [0.25, 0.3) is 5.91 Å². The van der Waals surface area contributed by atoms with Crippen LogP contribution in [-0.2, 0) is 30.3 Å². The number of H-pyrrole nitrogens is 1. The number of nitrogens with one attached hydrogen (secondary N) is 4. The van der Waals surface area contributed by atoms with Gasteiger partial charge in [-0.05, 0) is 44.2 Å². The summed E-state index contributed by atoms with van der Waals surface area (Å²) in [6.45, 7) is 7.44. The number of carbonyl (C=O) groups excluding carboxylic acids is 5. The number of hydrogen-bond acceptors (Lipinski definition) is 7. The Morgan fingerprint density at radius 2 is 1.71 bits per heavy atom. The minimum atomic E-state index is -1.03. The van der Waals surface area contributed by atoms with Crippen LogP contribution in [0.15, 0.2) is 48.6 Å². The Morgan fingerprint density at radius 3 is 2.29 bits per heavy atom. The molecule has 41 heavy (non-hydrogen) atoms. The van der Waals surface area contributed by atoms with Crippen molar-refractivity contribution >= 4 is 29.6 Å². The second-order valence-electron chi connectivity index (χ2n) is 10.1. The molecule has 0 aliphatic carbocycles. The Labute approximate surface area is 239 Å². The zero-order chi connectivity index (χ0) is 30.4. The molecule has 4 amide bonds. The molecule has 0 radical (unpaired) electrons. The molecule has 0 spiro atoms. The van der Waals surface area contributed by atoms with Crippen LogP contribution in [0, 0.1) is 12.8 Å². The molecule has 0 aliphatic rings. The third-order valence-electron chi connectivity index (χ3n) is 5.96. The van der Waals surface area contributed by atoms with Crippen LogP contribution in [0.5, 0.6) is 0 Å². The van der Waals surface area contributed by atoms with Gasteiger partial charge in [-0.25, -0.2) is 4.79 Å². The van der Waals surface area contributed by atoms with E-state index in [1.54, 1.807) is 19.9 Å². The van der Waals surface area contributed by atoms with Crippen LogP contribution in [0.1, 0.15) is 61.8 Å². The Morgan fingerprint density at radius 1 is 1.02 bits per heavy atom. The predicted molar refractivity (Wildman–Crippen MR) is 152 cm³/mol. The lowest BCUT2D eigenvalue weighted by Crippen LogP contribution is -2.55. The predicted octanol–water partition coefficient (Wildman–Crippen LogP) is 1.46. The number of esters is 1. The average Bonchev–Trinajstić information content (AvgIpc) is 3.36. The van der Waals surface area contributed by atoms with E-state index in [0.29, 0.717) is 12.1 Å². The Hall–Kier alpha value is -4.48. The second-order valence-corrected chi connectivity index (χ2v) is 10.1. The van der Waals surface area contributed by atoms with Crippen molar-refractivity contribution in [1.29, 1.82) is 0 Å². The van der Waals surface area contributed by atoms with E-state index in [-0.39, 0.29) is 37.5 Å². The van der Waals surface area contributed by atoms with Crippen molar-refractivity contribution in [3.63, 3.8) is 0 Å². The zero-order valence-electron chi connectivity index (χ0n) is 23.9. The Bertz CT molecular complexity index is 1210. The number of aromatic amines is 1. The molecule has 2 aromatic rings. The van der Waals surface area contributed by atoms with Crippen LogP contribution in [0.25, 0.3) is 0 Å². The largest absolute Gasteiger partial charge is 0.463 e. The molecule has 1 aromatic heterocycles. The number of primary amides is 1. The number of nitrogens with zero attached hydrogens (tertiary/aromatic N) is 1. The first-order valence-electron chi connectivity index (χ1n) is 13.6. The van der Waals surface area contributed by atoms with E-state index in [1.807, 2.05) is 44.2 Å². The Balaban J connectivity index is 2.27. The lowest BCUT2D eigenvalue weighted by molar-refractivity contribution is -0.137. The van der Waals surface area contributed by atoms with Gasteiger partial charge in [-0.15, -0.1) is 0 Å². The van der Waals surface area contributed by atoms with Crippen LogP contribution in [0.3, 0.4) is 0 Å². The summed E-state index contributed by atoms with van der Waals surface area (Å²) < 4.78 is 4.90. The van der Waals surface area contributed by atoms with Gasteiger partial charge in [0.15, 0.2) is 0 Å². The third kappa shape index (κ3) is 12.1. The smallest absolute Gasteiger partial charge is 0.330 e. The molecule has 0 bridgehead atoms. The first-order chi connectivity index (χ1) is 19.5. The molecule has 0 saturated carbocycles. The monoisotopic (exact) mass is 568 g/mol. The van der Waals surface area contributed by atoms with E-state index in [1.165, 1.54) is 12.2 Å². The van der Waals surface area contributed by atoms with Crippen molar-refractivity contribution in [2.45, 2.75) is 71.5 Å². The fraction of sp³-hybridized carbons (Fsp3) is 0.448. The number of benzene rings is 1. The van der Waals surface area contributed by atoms with Gasteiger partial charge in [0, 0.05) is 30.7 Å². The molecule has 1 heterocycles. The number of amides is 4. The number of nitrogens with two attached hydrogens (primary N) is 1. The van der Waals surface area contributed by atoms with Crippen molar-refractivity contribution < 1.29 is 28.7 Å². The molecular formula is C29H40N6O6. The standard InChI is InChI=1S/C29H40N6O6/c1-5-41-26(37)14-12-21(11-13-25(30)36)31-27(38)23(17-20-9-7-6-8-10-20)33-28(39)22(15-18(2)3)32-29(40)24-16-19(4)34-35-24/h6-10,12,14,16,18,21-23H,5,11,13,15,17H2,1-4H3,(H2,30,36)(H,31,38)(H,32,40)(H,33,39)(H,34,35)/t21-,22-,23-/m0/s1. The summed E-state index contributed by atoms with van der Waals surface area (Å²) in [5.74, 6) is -2.70. The summed E-state index contributed by atoms with van der Waals surface area (Å²) in [6, 6.07) is 7.99. The molecule has 12 heteroatoms. The van der Waals surface area contributed by atoms with E-state index < -0.39 is 47.7 Å². The van der Waals surface area contributed by atoms with Gasteiger partial charge in [0.1, 0.15) is 17.8 Å². The maximum atomic E-state index is 13.5. The van der Waals surface area contributed by atoms with Crippen molar-refractivity contribution in [3.05, 3.63) is 65.5 Å². The number of ether oxygens (including phenoxy) is 1. The first-order valence-corrected chi connectivity index (χ1v) is 13.6. The van der Waals surface area contributed by atoms with E-state index in [0.717, 1.165) is 5.56 Å². The van der Waals surface area contributed by atoms with Crippen LogP contribution in [0.2, 0.25) is 0 Å². The number of rotatable bonds is 16. The summed E-state index contributed by atoms with van der Waals surface area (Å²) in [5.41, 5.74) is 6.93. The van der Waals surface area contributed by atoms with Gasteiger partial charge in [-0.3, -0.25) is 24.3 Å². The summed E-state index contributed by atoms with van der Waals surface area (Å²) in [4.78, 5) is 63.0. The molecule has 0 aliphatic heterocycles. The summed E-state index contributed by atoms with van der Waals surface area (Å²) in [7, 11) is 0. The van der Waals surface area contributed by atoms with Gasteiger partial charge < -0.3 is 26.4 Å². The van der Waals surface area contributed by atoms with Gasteiger partial charge >= 0.3 is 5.97 Å². The fourth-order valence-electron chi connectivity index (χ4n) is 3.98. The van der Waals surface area contributed by atoms with Crippen LogP contribution in [0.4, 0.5) is 0 Å². The fourth-order valence-corrected chi connectivity index (χ4v) is 3.98. The molecular weight excluding hydrogens is 528 g/mol. The van der Waals surface area contributed by atoms with Crippen molar-refractivity contribution in [2.75, 3.05) is 6.61 Å². The molecule has 0 unspecified atom stereocenters. The third-order valence-corrected chi connectivity index (χ3v) is 5.96. The molecule has 222 valence electrons. The molecule has 3 atom stereocenters. The minimum absolute atomic E-state index is 0.0387. The second kappa shape index (κ2) is 16.6. The molecule has 6 N–H and O–H groups in total. The molecule has 0 fully saturated rings. The van der Waals surface area contributed by atoms with Gasteiger partial charge in [0.05, 0.1) is 6.61 Å². The van der Waals surface area contributed by atoms with E-state index in [4.69, 9.17) is 10.5 Å². The highest BCUT2D eigenvalue weighted by Gasteiger charge is 2.29. The highest BCUT2D eigenvalue weighted by molar-refractivity contribution is 5.97. The highest BCUT2D eigenvalue weighted by atomic mass is 16.5.